The Morgan fingerprint density at radius 2 is 1.34 bits per heavy atom. The summed E-state index contributed by atoms with van der Waals surface area (Å²) in [4.78, 5) is 12.9. The van der Waals surface area contributed by atoms with Gasteiger partial charge in [-0.1, -0.05) is 56.1 Å². The van der Waals surface area contributed by atoms with E-state index < -0.39 is 15.6 Å². The Hall–Kier alpha value is -1.29. The third-order valence-electron chi connectivity index (χ3n) is 4.10. The van der Waals surface area contributed by atoms with Gasteiger partial charge < -0.3 is 0 Å². The molecule has 0 aliphatic heterocycles. The maximum atomic E-state index is 13.2. The lowest BCUT2D eigenvalue weighted by Crippen LogP contribution is -2.16. The number of sulfone groups is 1. The fraction of sp³-hybridized carbons (Fsp3) is 0.0455. The van der Waals surface area contributed by atoms with E-state index in [1.807, 2.05) is 12.1 Å². The number of hydrogen-bond acceptors (Lipinski definition) is 3. The maximum absolute atomic E-state index is 13.2. The predicted octanol–water partition coefficient (Wildman–Crippen LogP) is 6.66. The van der Waals surface area contributed by atoms with Gasteiger partial charge in [-0.15, -0.1) is 0 Å². The highest BCUT2D eigenvalue weighted by Crippen LogP contribution is 2.24. The van der Waals surface area contributed by atoms with Crippen LogP contribution in [0.15, 0.2) is 86.6 Å². The first-order valence-electron chi connectivity index (χ1n) is 8.49. The number of benzene rings is 3. The molecule has 3 nitrogen and oxygen atoms in total. The fourth-order valence-electron chi connectivity index (χ4n) is 2.63. The normalized spacial score (nSPS) is 12.0. The molecule has 7 heteroatoms. The molecular formula is C22H15Br2IO3S. The first-order chi connectivity index (χ1) is 13.7. The van der Waals surface area contributed by atoms with E-state index in [0.29, 0.717) is 16.7 Å². The zero-order chi connectivity index (χ0) is 21.0. The van der Waals surface area contributed by atoms with Gasteiger partial charge in [0.05, 0.1) is 5.75 Å². The standard InChI is InChI=1S/C22H15Br2IO3S/c23-18-7-1-15(2-8-18)13-21(22(26)17-5-9-19(24)10-6-17)29(27,28)14-16-3-11-20(25)12-4-16/h1-13H,14H2/b21-13-. The Balaban J connectivity index is 2.05. The van der Waals surface area contributed by atoms with E-state index in [2.05, 4.69) is 54.5 Å². The molecule has 0 heterocycles. The minimum absolute atomic E-state index is 0.222. The van der Waals surface area contributed by atoms with Crippen molar-refractivity contribution in [1.82, 2.24) is 0 Å². The molecule has 0 saturated heterocycles. The van der Waals surface area contributed by atoms with Crippen molar-refractivity contribution in [3.63, 3.8) is 0 Å². The van der Waals surface area contributed by atoms with Crippen LogP contribution in [0.5, 0.6) is 0 Å². The van der Waals surface area contributed by atoms with Crippen molar-refractivity contribution in [2.45, 2.75) is 5.75 Å². The van der Waals surface area contributed by atoms with Gasteiger partial charge in [-0.3, -0.25) is 4.79 Å². The fourth-order valence-corrected chi connectivity index (χ4v) is 5.02. The monoisotopic (exact) mass is 644 g/mol. The van der Waals surface area contributed by atoms with Crippen LogP contribution in [0.4, 0.5) is 0 Å². The SMILES string of the molecule is O=C(/C(=C/c1ccc(Br)cc1)S(=O)(=O)Cc1ccc(I)cc1)c1ccc(Br)cc1. The summed E-state index contributed by atoms with van der Waals surface area (Å²) in [7, 11) is -3.87. The number of carbonyl (C=O) groups excluding carboxylic acids is 1. The summed E-state index contributed by atoms with van der Waals surface area (Å²) in [5.74, 6) is -0.764. The van der Waals surface area contributed by atoms with Crippen LogP contribution in [0.2, 0.25) is 0 Å². The number of allylic oxidation sites excluding steroid dienone is 1. The van der Waals surface area contributed by atoms with E-state index in [9.17, 15) is 13.2 Å². The van der Waals surface area contributed by atoms with Gasteiger partial charge in [0.2, 0.25) is 5.78 Å². The first kappa shape index (κ1) is 22.4. The smallest absolute Gasteiger partial charge is 0.204 e. The van der Waals surface area contributed by atoms with Crippen molar-refractivity contribution in [2.75, 3.05) is 0 Å². The van der Waals surface area contributed by atoms with Gasteiger partial charge in [0.25, 0.3) is 0 Å². The molecule has 148 valence electrons. The molecule has 0 aromatic heterocycles. The number of ketones is 1. The lowest BCUT2D eigenvalue weighted by molar-refractivity contribution is 0.104. The van der Waals surface area contributed by atoms with E-state index in [-0.39, 0.29) is 10.7 Å². The highest BCUT2D eigenvalue weighted by atomic mass is 127. The summed E-state index contributed by atoms with van der Waals surface area (Å²) in [6.07, 6.45) is 1.44. The van der Waals surface area contributed by atoms with Gasteiger partial charge in [-0.05, 0) is 88.3 Å². The van der Waals surface area contributed by atoms with Gasteiger partial charge in [-0.2, -0.15) is 0 Å². The van der Waals surface area contributed by atoms with Crippen LogP contribution < -0.4 is 0 Å². The van der Waals surface area contributed by atoms with E-state index in [1.165, 1.54) is 6.08 Å². The predicted molar refractivity (Wildman–Crippen MR) is 132 cm³/mol. The first-order valence-corrected chi connectivity index (χ1v) is 12.8. The summed E-state index contributed by atoms with van der Waals surface area (Å²) >= 11 is 8.86. The van der Waals surface area contributed by atoms with Gasteiger partial charge in [0.1, 0.15) is 4.91 Å². The zero-order valence-electron chi connectivity index (χ0n) is 15.0. The van der Waals surface area contributed by atoms with Gasteiger partial charge in [0.15, 0.2) is 9.84 Å². The van der Waals surface area contributed by atoms with Crippen molar-refractivity contribution >= 4 is 76.1 Å². The van der Waals surface area contributed by atoms with Crippen LogP contribution in [0.25, 0.3) is 6.08 Å². The van der Waals surface area contributed by atoms with E-state index in [4.69, 9.17) is 0 Å². The van der Waals surface area contributed by atoms with E-state index >= 15 is 0 Å². The van der Waals surface area contributed by atoms with Crippen LogP contribution in [-0.2, 0) is 15.6 Å². The molecule has 29 heavy (non-hydrogen) atoms. The Kier molecular flexibility index (Phi) is 7.47. The highest BCUT2D eigenvalue weighted by Gasteiger charge is 2.26. The molecule has 0 amide bonds. The van der Waals surface area contributed by atoms with Crippen molar-refractivity contribution in [2.24, 2.45) is 0 Å². The second kappa shape index (κ2) is 9.68. The molecule has 0 bridgehead atoms. The lowest BCUT2D eigenvalue weighted by atomic mass is 10.1. The number of Topliss-reactive ketones (excluding diaryl/α,β-unsaturated/α-hetero) is 1. The Labute approximate surface area is 200 Å². The molecule has 0 aliphatic carbocycles. The quantitative estimate of drug-likeness (QED) is 0.171. The number of hydrogen-bond donors (Lipinski definition) is 0. The summed E-state index contributed by atoms with van der Waals surface area (Å²) in [5.41, 5.74) is 1.60. The number of halogens is 3. The molecule has 0 aliphatic rings. The minimum atomic E-state index is -3.87. The molecule has 0 saturated carbocycles. The minimum Gasteiger partial charge on any atom is -0.288 e. The van der Waals surface area contributed by atoms with Crippen LogP contribution in [0.3, 0.4) is 0 Å². The highest BCUT2D eigenvalue weighted by molar-refractivity contribution is 14.1. The molecule has 3 aromatic carbocycles. The molecule has 3 rings (SSSR count). The Morgan fingerprint density at radius 1 is 0.828 bits per heavy atom. The van der Waals surface area contributed by atoms with Gasteiger partial charge in [0, 0.05) is 18.1 Å². The molecule has 3 aromatic rings. The second-order valence-electron chi connectivity index (χ2n) is 6.28. The molecule has 0 N–H and O–H groups in total. The second-order valence-corrected chi connectivity index (χ2v) is 11.3. The van der Waals surface area contributed by atoms with Crippen molar-refractivity contribution in [3.05, 3.63) is 107 Å². The van der Waals surface area contributed by atoms with Crippen LogP contribution in [0.1, 0.15) is 21.5 Å². The molecule has 0 spiro atoms. The number of carbonyl (C=O) groups is 1. The summed E-state index contributed by atoms with van der Waals surface area (Å²) in [5, 5.41) is 0. The van der Waals surface area contributed by atoms with Crippen molar-refractivity contribution in [3.8, 4) is 0 Å². The summed E-state index contributed by atoms with van der Waals surface area (Å²) in [6, 6.07) is 21.0. The van der Waals surface area contributed by atoms with Crippen LogP contribution in [0, 0.1) is 3.57 Å². The average Bonchev–Trinajstić information content (AvgIpc) is 2.69. The third kappa shape index (κ3) is 6.10. The summed E-state index contributed by atoms with van der Waals surface area (Å²) in [6.45, 7) is 0. The molecule has 0 unspecified atom stereocenters. The molecule has 0 fully saturated rings. The molecule has 0 radical (unpaired) electrons. The van der Waals surface area contributed by atoms with E-state index in [0.717, 1.165) is 12.5 Å². The largest absolute Gasteiger partial charge is 0.288 e. The maximum Gasteiger partial charge on any atom is 0.204 e. The van der Waals surface area contributed by atoms with Crippen molar-refractivity contribution < 1.29 is 13.2 Å². The third-order valence-corrected chi connectivity index (χ3v) is 7.57. The Morgan fingerprint density at radius 3 is 1.90 bits per heavy atom. The average molecular weight is 646 g/mol. The van der Waals surface area contributed by atoms with Gasteiger partial charge >= 0.3 is 0 Å². The van der Waals surface area contributed by atoms with Crippen molar-refractivity contribution in [1.29, 1.82) is 0 Å². The topological polar surface area (TPSA) is 51.2 Å². The van der Waals surface area contributed by atoms with Crippen LogP contribution in [-0.4, -0.2) is 14.2 Å². The number of rotatable bonds is 6. The molecule has 0 atom stereocenters. The summed E-state index contributed by atoms with van der Waals surface area (Å²) < 4.78 is 29.2. The van der Waals surface area contributed by atoms with E-state index in [1.54, 1.807) is 60.7 Å². The van der Waals surface area contributed by atoms with Crippen LogP contribution >= 0.6 is 54.5 Å². The zero-order valence-corrected chi connectivity index (χ0v) is 21.1. The molecular weight excluding hydrogens is 631 g/mol. The Bertz CT molecular complexity index is 1150. The lowest BCUT2D eigenvalue weighted by Gasteiger charge is -2.10. The van der Waals surface area contributed by atoms with Gasteiger partial charge in [-0.25, -0.2) is 8.42 Å².